The van der Waals surface area contributed by atoms with Gasteiger partial charge < -0.3 is 4.74 Å². The molecule has 0 aliphatic carbocycles. The Hall–Kier alpha value is -1.95. The second kappa shape index (κ2) is 8.83. The van der Waals surface area contributed by atoms with Crippen LogP contribution in [0.3, 0.4) is 0 Å². The van der Waals surface area contributed by atoms with Crippen LogP contribution in [-0.4, -0.2) is 39.6 Å². The number of rotatable bonds is 6. The summed E-state index contributed by atoms with van der Waals surface area (Å²) >= 11 is 5.87. The van der Waals surface area contributed by atoms with Crippen molar-refractivity contribution in [2.45, 2.75) is 18.0 Å². The molecule has 1 fully saturated rings. The smallest absolute Gasteiger partial charge is 0.240 e. The number of hydrogen-bond donors (Lipinski definition) is 1. The van der Waals surface area contributed by atoms with E-state index in [1.807, 2.05) is 30.3 Å². The van der Waals surface area contributed by atoms with E-state index < -0.39 is 10.0 Å². The van der Waals surface area contributed by atoms with Gasteiger partial charge in [0.15, 0.2) is 0 Å². The van der Waals surface area contributed by atoms with Crippen LogP contribution in [0, 0.1) is 11.3 Å². The Morgan fingerprint density at radius 1 is 1.15 bits per heavy atom. The number of ether oxygens (including phenoxy) is 1. The molecule has 6 nitrogen and oxygen atoms in total. The highest BCUT2D eigenvalue weighted by atomic mass is 35.5. The summed E-state index contributed by atoms with van der Waals surface area (Å²) < 4.78 is 32.9. The molecule has 1 aliphatic heterocycles. The lowest BCUT2D eigenvalue weighted by Gasteiger charge is -2.26. The van der Waals surface area contributed by atoms with Gasteiger partial charge in [0, 0.05) is 26.2 Å². The van der Waals surface area contributed by atoms with E-state index in [9.17, 15) is 8.42 Å². The SMILES string of the molecule is N#Cc1cc(S(=O)(=O)NCc2cccc(CN3CCOCC3)c2)ccc1Cl. The molecule has 1 saturated heterocycles. The van der Waals surface area contributed by atoms with Gasteiger partial charge in [-0.1, -0.05) is 35.9 Å². The minimum absolute atomic E-state index is 0.0212. The number of nitrogens with zero attached hydrogens (tertiary/aromatic N) is 2. The third-order valence-corrected chi connectivity index (χ3v) is 6.06. The van der Waals surface area contributed by atoms with E-state index in [1.54, 1.807) is 0 Å². The highest BCUT2D eigenvalue weighted by Crippen LogP contribution is 2.20. The van der Waals surface area contributed by atoms with Crippen LogP contribution in [0.5, 0.6) is 0 Å². The largest absolute Gasteiger partial charge is 0.379 e. The molecule has 0 unspecified atom stereocenters. The molecular formula is C19H20ClN3O3S. The molecule has 0 spiro atoms. The number of benzene rings is 2. The van der Waals surface area contributed by atoms with Crippen LogP contribution in [0.1, 0.15) is 16.7 Å². The van der Waals surface area contributed by atoms with Gasteiger partial charge in [0.25, 0.3) is 0 Å². The Labute approximate surface area is 164 Å². The van der Waals surface area contributed by atoms with Crippen molar-refractivity contribution >= 4 is 21.6 Å². The van der Waals surface area contributed by atoms with Crippen LogP contribution < -0.4 is 4.72 Å². The molecule has 2 aromatic carbocycles. The van der Waals surface area contributed by atoms with Crippen molar-refractivity contribution in [2.75, 3.05) is 26.3 Å². The van der Waals surface area contributed by atoms with Crippen molar-refractivity contribution in [3.63, 3.8) is 0 Å². The molecule has 0 bridgehead atoms. The maximum atomic E-state index is 12.5. The molecule has 142 valence electrons. The monoisotopic (exact) mass is 405 g/mol. The zero-order chi connectivity index (χ0) is 19.3. The summed E-state index contributed by atoms with van der Waals surface area (Å²) in [5, 5.41) is 9.25. The van der Waals surface area contributed by atoms with E-state index in [0.29, 0.717) is 0 Å². The number of sulfonamides is 1. The summed E-state index contributed by atoms with van der Waals surface area (Å²) in [5.41, 5.74) is 2.14. The van der Waals surface area contributed by atoms with Crippen molar-refractivity contribution in [2.24, 2.45) is 0 Å². The quantitative estimate of drug-likeness (QED) is 0.798. The third kappa shape index (κ3) is 5.28. The zero-order valence-electron chi connectivity index (χ0n) is 14.7. The Morgan fingerprint density at radius 3 is 2.63 bits per heavy atom. The van der Waals surface area contributed by atoms with Crippen LogP contribution in [0.4, 0.5) is 0 Å². The molecule has 0 radical (unpaired) electrons. The van der Waals surface area contributed by atoms with Crippen molar-refractivity contribution in [3.05, 3.63) is 64.2 Å². The molecule has 1 heterocycles. The van der Waals surface area contributed by atoms with Crippen LogP contribution in [-0.2, 0) is 27.8 Å². The summed E-state index contributed by atoms with van der Waals surface area (Å²) in [6.07, 6.45) is 0. The molecular weight excluding hydrogens is 386 g/mol. The summed E-state index contributed by atoms with van der Waals surface area (Å²) in [7, 11) is -3.73. The van der Waals surface area contributed by atoms with Gasteiger partial charge in [0.1, 0.15) is 6.07 Å². The first-order chi connectivity index (χ1) is 13.0. The Bertz CT molecular complexity index is 951. The van der Waals surface area contributed by atoms with Gasteiger partial charge in [-0.25, -0.2) is 13.1 Å². The lowest BCUT2D eigenvalue weighted by molar-refractivity contribution is 0.0342. The molecule has 2 aromatic rings. The van der Waals surface area contributed by atoms with Gasteiger partial charge in [-0.3, -0.25) is 4.90 Å². The van der Waals surface area contributed by atoms with E-state index >= 15 is 0 Å². The van der Waals surface area contributed by atoms with E-state index in [-0.39, 0.29) is 22.0 Å². The Morgan fingerprint density at radius 2 is 1.89 bits per heavy atom. The number of hydrogen-bond acceptors (Lipinski definition) is 5. The normalized spacial score (nSPS) is 15.4. The van der Waals surface area contributed by atoms with Crippen LogP contribution >= 0.6 is 11.6 Å². The predicted molar refractivity (Wildman–Crippen MR) is 103 cm³/mol. The second-order valence-corrected chi connectivity index (χ2v) is 8.46. The van der Waals surface area contributed by atoms with E-state index in [4.69, 9.17) is 21.6 Å². The number of nitrogens with one attached hydrogen (secondary N) is 1. The topological polar surface area (TPSA) is 82.4 Å². The van der Waals surface area contributed by atoms with Crippen LogP contribution in [0.25, 0.3) is 0 Å². The molecule has 0 aromatic heterocycles. The first-order valence-corrected chi connectivity index (χ1v) is 10.4. The minimum Gasteiger partial charge on any atom is -0.379 e. The minimum atomic E-state index is -3.73. The van der Waals surface area contributed by atoms with Crippen molar-refractivity contribution in [1.29, 1.82) is 5.26 Å². The molecule has 1 N–H and O–H groups in total. The van der Waals surface area contributed by atoms with Crippen LogP contribution in [0.15, 0.2) is 47.4 Å². The Kier molecular flexibility index (Phi) is 6.47. The second-order valence-electron chi connectivity index (χ2n) is 6.29. The maximum Gasteiger partial charge on any atom is 0.240 e. The van der Waals surface area contributed by atoms with Gasteiger partial charge in [-0.15, -0.1) is 0 Å². The molecule has 0 saturated carbocycles. The fraction of sp³-hybridized carbons (Fsp3) is 0.316. The molecule has 0 atom stereocenters. The average Bonchev–Trinajstić information content (AvgIpc) is 2.68. The lowest BCUT2D eigenvalue weighted by atomic mass is 10.1. The highest BCUT2D eigenvalue weighted by molar-refractivity contribution is 7.89. The van der Waals surface area contributed by atoms with E-state index in [1.165, 1.54) is 18.2 Å². The lowest BCUT2D eigenvalue weighted by Crippen LogP contribution is -2.35. The van der Waals surface area contributed by atoms with Crippen molar-refractivity contribution in [3.8, 4) is 6.07 Å². The molecule has 8 heteroatoms. The first kappa shape index (κ1) is 19.8. The van der Waals surface area contributed by atoms with Gasteiger partial charge in [-0.05, 0) is 29.3 Å². The summed E-state index contributed by atoms with van der Waals surface area (Å²) in [5.74, 6) is 0. The summed E-state index contributed by atoms with van der Waals surface area (Å²) in [6.45, 7) is 4.26. The predicted octanol–water partition coefficient (Wildman–Crippen LogP) is 2.52. The number of halogens is 1. The van der Waals surface area contributed by atoms with Gasteiger partial charge in [0.2, 0.25) is 10.0 Å². The first-order valence-electron chi connectivity index (χ1n) is 8.55. The number of nitriles is 1. The molecule has 0 amide bonds. The van der Waals surface area contributed by atoms with E-state index in [2.05, 4.69) is 9.62 Å². The zero-order valence-corrected chi connectivity index (χ0v) is 16.3. The summed E-state index contributed by atoms with van der Waals surface area (Å²) in [4.78, 5) is 2.33. The van der Waals surface area contributed by atoms with Gasteiger partial charge in [0.05, 0.1) is 28.7 Å². The molecule has 1 aliphatic rings. The number of morpholine rings is 1. The third-order valence-electron chi connectivity index (χ3n) is 4.34. The fourth-order valence-corrected chi connectivity index (χ4v) is 4.08. The average molecular weight is 406 g/mol. The summed E-state index contributed by atoms with van der Waals surface area (Å²) in [6, 6.07) is 13.8. The van der Waals surface area contributed by atoms with E-state index in [0.717, 1.165) is 44.0 Å². The Balaban J connectivity index is 1.67. The van der Waals surface area contributed by atoms with Gasteiger partial charge in [-0.2, -0.15) is 5.26 Å². The van der Waals surface area contributed by atoms with Crippen LogP contribution in [0.2, 0.25) is 5.02 Å². The molecule has 27 heavy (non-hydrogen) atoms. The van der Waals surface area contributed by atoms with Gasteiger partial charge >= 0.3 is 0 Å². The van der Waals surface area contributed by atoms with Crippen molar-refractivity contribution in [1.82, 2.24) is 9.62 Å². The highest BCUT2D eigenvalue weighted by Gasteiger charge is 2.16. The molecule has 3 rings (SSSR count). The maximum absolute atomic E-state index is 12.5. The van der Waals surface area contributed by atoms with Crippen molar-refractivity contribution < 1.29 is 13.2 Å². The standard InChI is InChI=1S/C19H20ClN3O3S/c20-19-5-4-18(11-17(19)12-21)27(24,25)22-13-15-2-1-3-16(10-15)14-23-6-8-26-9-7-23/h1-5,10-11,22H,6-9,13-14H2. The fourth-order valence-electron chi connectivity index (χ4n) is 2.87.